The minimum absolute atomic E-state index is 0.198. The van der Waals surface area contributed by atoms with Gasteiger partial charge in [0.2, 0.25) is 0 Å². The molecule has 9 heteroatoms. The minimum atomic E-state index is -0.935. The van der Waals surface area contributed by atoms with Gasteiger partial charge in [0.1, 0.15) is 0 Å². The second kappa shape index (κ2) is 11.2. The van der Waals surface area contributed by atoms with Crippen LogP contribution in [-0.2, 0) is 13.0 Å². The van der Waals surface area contributed by atoms with Crippen molar-refractivity contribution in [1.29, 1.82) is 0 Å². The summed E-state index contributed by atoms with van der Waals surface area (Å²) < 4.78 is 29.4. The Morgan fingerprint density at radius 2 is 1.72 bits per heavy atom. The molecule has 0 saturated carbocycles. The number of piperazine rings is 1. The Kier molecular flexibility index (Phi) is 7.60. The molecule has 5 rings (SSSR count). The van der Waals surface area contributed by atoms with Crippen molar-refractivity contribution >= 4 is 5.70 Å². The summed E-state index contributed by atoms with van der Waals surface area (Å²) in [4.78, 5) is 26.3. The zero-order valence-corrected chi connectivity index (χ0v) is 22.1. The number of halogens is 2. The topological polar surface area (TPSA) is 67.2 Å². The maximum atomic E-state index is 14.1. The van der Waals surface area contributed by atoms with E-state index < -0.39 is 11.6 Å². The molecule has 200 valence electrons. The quantitative estimate of drug-likeness (QED) is 0.353. The molecule has 2 aromatic carbocycles. The third-order valence-corrected chi connectivity index (χ3v) is 7.03. The maximum absolute atomic E-state index is 14.1. The van der Waals surface area contributed by atoms with E-state index in [1.165, 1.54) is 16.8 Å². The zero-order chi connectivity index (χ0) is 27.5. The maximum Gasteiger partial charge on any atom is 0.267 e. The van der Waals surface area contributed by atoms with Crippen molar-refractivity contribution in [1.82, 2.24) is 29.5 Å². The lowest BCUT2D eigenvalue weighted by Gasteiger charge is -2.35. The first kappa shape index (κ1) is 26.4. The Labute approximate surface area is 226 Å². The number of hydrogen-bond donors (Lipinski definition) is 0. The molecule has 0 aliphatic carbocycles. The van der Waals surface area contributed by atoms with Gasteiger partial charge in [-0.1, -0.05) is 31.7 Å². The van der Waals surface area contributed by atoms with Gasteiger partial charge in [-0.05, 0) is 48.9 Å². The summed E-state index contributed by atoms with van der Waals surface area (Å²) in [5.41, 5.74) is 4.20. The largest absolute Gasteiger partial charge is 0.369 e. The van der Waals surface area contributed by atoms with Gasteiger partial charge >= 0.3 is 0 Å². The van der Waals surface area contributed by atoms with Crippen LogP contribution in [0, 0.1) is 11.6 Å². The molecule has 1 aliphatic heterocycles. The van der Waals surface area contributed by atoms with Crippen LogP contribution in [0.1, 0.15) is 23.6 Å². The standard InChI is InChI=1S/C30H30F2N6O/c1-4-22-15-24(16-26(31)29(22)32)27-8-9-28(39)38(35-27)19-21-6-5-7-23(14-21)30-33-17-25(18-34-30)20(2)37-12-10-36(3)11-13-37/h5-9,14-18H,2,4,10-13,19H2,1,3H3. The molecule has 1 fully saturated rings. The molecule has 0 atom stereocenters. The van der Waals surface area contributed by atoms with E-state index in [4.69, 9.17) is 0 Å². The van der Waals surface area contributed by atoms with Gasteiger partial charge in [0, 0.05) is 67.0 Å². The lowest BCUT2D eigenvalue weighted by molar-refractivity contribution is 0.207. The summed E-state index contributed by atoms with van der Waals surface area (Å²) in [5.74, 6) is -1.23. The molecule has 7 nitrogen and oxygen atoms in total. The molecule has 0 spiro atoms. The van der Waals surface area contributed by atoms with Crippen LogP contribution in [0.5, 0.6) is 0 Å². The van der Waals surface area contributed by atoms with Gasteiger partial charge < -0.3 is 9.80 Å². The van der Waals surface area contributed by atoms with Crippen molar-refractivity contribution in [2.45, 2.75) is 19.9 Å². The predicted molar refractivity (Wildman–Crippen MR) is 148 cm³/mol. The highest BCUT2D eigenvalue weighted by atomic mass is 19.2. The lowest BCUT2D eigenvalue weighted by Crippen LogP contribution is -2.43. The normalized spacial score (nSPS) is 14.0. The Morgan fingerprint density at radius 1 is 0.974 bits per heavy atom. The van der Waals surface area contributed by atoms with E-state index in [2.05, 4.69) is 38.5 Å². The molecule has 3 heterocycles. The summed E-state index contributed by atoms with van der Waals surface area (Å²) in [5, 5.41) is 4.43. The van der Waals surface area contributed by atoms with Gasteiger partial charge in [0.05, 0.1) is 12.2 Å². The molecule has 0 radical (unpaired) electrons. The summed E-state index contributed by atoms with van der Waals surface area (Å²) in [7, 11) is 2.12. The molecule has 1 saturated heterocycles. The van der Waals surface area contributed by atoms with Gasteiger partial charge in [-0.15, -0.1) is 0 Å². The molecule has 4 aromatic rings. The second-order valence-electron chi connectivity index (χ2n) is 9.73. The SMILES string of the molecule is C=C(c1cnc(-c2cccc(Cn3nc(-c4cc(F)c(F)c(CC)c4)ccc3=O)c2)nc1)N1CCN(C)CC1. The number of aromatic nitrogens is 4. The van der Waals surface area contributed by atoms with Gasteiger partial charge in [0.15, 0.2) is 17.5 Å². The molecule has 2 aromatic heterocycles. The number of hydrogen-bond acceptors (Lipinski definition) is 6. The van der Waals surface area contributed by atoms with Crippen molar-refractivity contribution in [3.05, 3.63) is 106 Å². The summed E-state index contributed by atoms with van der Waals surface area (Å²) in [6.45, 7) is 10.0. The first-order chi connectivity index (χ1) is 18.8. The molecule has 0 unspecified atom stereocenters. The van der Waals surface area contributed by atoms with Crippen molar-refractivity contribution in [2.24, 2.45) is 0 Å². The molecule has 0 bridgehead atoms. The van der Waals surface area contributed by atoms with Gasteiger partial charge in [-0.2, -0.15) is 5.10 Å². The van der Waals surface area contributed by atoms with Crippen LogP contribution in [-0.4, -0.2) is 62.8 Å². The molecule has 0 amide bonds. The van der Waals surface area contributed by atoms with Crippen LogP contribution >= 0.6 is 0 Å². The summed E-state index contributed by atoms with van der Waals surface area (Å²) >= 11 is 0. The fraction of sp³-hybridized carbons (Fsp3) is 0.267. The van der Waals surface area contributed by atoms with Crippen molar-refractivity contribution in [2.75, 3.05) is 33.2 Å². The average Bonchev–Trinajstić information content (AvgIpc) is 2.96. The van der Waals surface area contributed by atoms with E-state index in [1.54, 1.807) is 25.4 Å². The Hall–Kier alpha value is -4.24. The van der Waals surface area contributed by atoms with E-state index in [-0.39, 0.29) is 17.7 Å². The first-order valence-electron chi connectivity index (χ1n) is 12.9. The average molecular weight is 529 g/mol. The first-order valence-corrected chi connectivity index (χ1v) is 12.9. The smallest absolute Gasteiger partial charge is 0.267 e. The number of nitrogens with zero attached hydrogens (tertiary/aromatic N) is 6. The Bertz CT molecular complexity index is 1560. The third-order valence-electron chi connectivity index (χ3n) is 7.03. The molecule has 39 heavy (non-hydrogen) atoms. The highest BCUT2D eigenvalue weighted by Crippen LogP contribution is 2.24. The van der Waals surface area contributed by atoms with E-state index >= 15 is 0 Å². The molecular weight excluding hydrogens is 498 g/mol. The van der Waals surface area contributed by atoms with Crippen LogP contribution in [0.3, 0.4) is 0 Å². The monoisotopic (exact) mass is 528 g/mol. The molecular formula is C30H30F2N6O. The zero-order valence-electron chi connectivity index (χ0n) is 22.1. The van der Waals surface area contributed by atoms with E-state index in [9.17, 15) is 13.6 Å². The van der Waals surface area contributed by atoms with Crippen LogP contribution < -0.4 is 5.56 Å². The van der Waals surface area contributed by atoms with Crippen LogP contribution in [0.25, 0.3) is 28.3 Å². The van der Waals surface area contributed by atoms with E-state index in [0.717, 1.165) is 54.6 Å². The van der Waals surface area contributed by atoms with Gasteiger partial charge in [-0.25, -0.2) is 23.4 Å². The van der Waals surface area contributed by atoms with E-state index in [0.29, 0.717) is 23.5 Å². The van der Waals surface area contributed by atoms with Crippen molar-refractivity contribution in [3.8, 4) is 22.6 Å². The fourth-order valence-electron chi connectivity index (χ4n) is 4.63. The van der Waals surface area contributed by atoms with Gasteiger partial charge in [0.25, 0.3) is 5.56 Å². The van der Waals surface area contributed by atoms with Crippen LogP contribution in [0.2, 0.25) is 0 Å². The van der Waals surface area contributed by atoms with Crippen molar-refractivity contribution < 1.29 is 8.78 Å². The Balaban J connectivity index is 1.35. The highest BCUT2D eigenvalue weighted by molar-refractivity contribution is 5.63. The lowest BCUT2D eigenvalue weighted by atomic mass is 10.0. The molecule has 0 N–H and O–H groups in total. The third kappa shape index (κ3) is 5.78. The van der Waals surface area contributed by atoms with Crippen LogP contribution in [0.15, 0.2) is 72.3 Å². The van der Waals surface area contributed by atoms with Gasteiger partial charge in [-0.3, -0.25) is 4.79 Å². The fourth-order valence-corrected chi connectivity index (χ4v) is 4.63. The summed E-state index contributed by atoms with van der Waals surface area (Å²) in [6.07, 6.45) is 3.92. The number of aryl methyl sites for hydroxylation is 1. The Morgan fingerprint density at radius 3 is 2.44 bits per heavy atom. The molecule has 1 aliphatic rings. The highest BCUT2D eigenvalue weighted by Gasteiger charge is 2.17. The second-order valence-corrected chi connectivity index (χ2v) is 9.73. The van der Waals surface area contributed by atoms with Crippen molar-refractivity contribution in [3.63, 3.8) is 0 Å². The number of likely N-dealkylation sites (N-methyl/N-ethyl adjacent to an activating group) is 1. The minimum Gasteiger partial charge on any atom is -0.369 e. The van der Waals surface area contributed by atoms with E-state index in [1.807, 2.05) is 24.3 Å². The van der Waals surface area contributed by atoms with Crippen LogP contribution in [0.4, 0.5) is 8.78 Å². The number of benzene rings is 2. The number of rotatable bonds is 7. The summed E-state index contributed by atoms with van der Waals surface area (Å²) in [6, 6.07) is 13.2. The predicted octanol–water partition coefficient (Wildman–Crippen LogP) is 4.47.